The highest BCUT2D eigenvalue weighted by Gasteiger charge is 2.16. The van der Waals surface area contributed by atoms with Crippen LogP contribution in [-0.4, -0.2) is 37.2 Å². The van der Waals surface area contributed by atoms with Crippen molar-refractivity contribution in [1.29, 1.82) is 0 Å². The molecule has 0 saturated carbocycles. The third-order valence-corrected chi connectivity index (χ3v) is 5.13. The molecule has 6 nitrogen and oxygen atoms in total. The van der Waals surface area contributed by atoms with Gasteiger partial charge in [0, 0.05) is 12.0 Å². The summed E-state index contributed by atoms with van der Waals surface area (Å²) in [6.07, 6.45) is 2.71. The number of amides is 1. The molecule has 0 bridgehead atoms. The van der Waals surface area contributed by atoms with Gasteiger partial charge in [-0.3, -0.25) is 9.59 Å². The molecular formula is C22H27ClN2O4. The standard InChI is InChI=1S/C22H26N2O4.ClH/c1-28-20-14-15(3-9-21(25)26)2-8-19(20)24-22(27)18-6-4-16(5-7-18)17-10-12-23-13-11-17;/h2,4-8,14,17,23H,3,9-13H2,1H3,(H,24,27)(H,25,26);1H. The van der Waals surface area contributed by atoms with Gasteiger partial charge in [0.2, 0.25) is 0 Å². The molecule has 1 amide bonds. The number of hydrogen-bond acceptors (Lipinski definition) is 4. The minimum atomic E-state index is -0.843. The third kappa shape index (κ3) is 6.21. The average molecular weight is 419 g/mol. The van der Waals surface area contributed by atoms with Crippen LogP contribution in [0.5, 0.6) is 5.75 Å². The molecule has 0 aromatic heterocycles. The Balaban J connectivity index is 0.00000300. The topological polar surface area (TPSA) is 87.7 Å². The molecule has 1 heterocycles. The second-order valence-electron chi connectivity index (χ2n) is 7.03. The van der Waals surface area contributed by atoms with Gasteiger partial charge in [-0.15, -0.1) is 12.4 Å². The number of carboxylic acids is 1. The van der Waals surface area contributed by atoms with Crippen molar-refractivity contribution in [3.63, 3.8) is 0 Å². The molecule has 1 saturated heterocycles. The number of carbonyl (C=O) groups excluding carboxylic acids is 1. The molecule has 3 N–H and O–H groups in total. The maximum absolute atomic E-state index is 12.6. The molecular weight excluding hydrogens is 392 g/mol. The van der Waals surface area contributed by atoms with E-state index in [0.29, 0.717) is 29.3 Å². The second kappa shape index (κ2) is 10.8. The Labute approximate surface area is 177 Å². The number of carbonyl (C=O) groups is 2. The highest BCUT2D eigenvalue weighted by atomic mass is 35.5. The summed E-state index contributed by atoms with van der Waals surface area (Å²) in [5, 5.41) is 15.1. The Morgan fingerprint density at radius 3 is 2.45 bits per heavy atom. The summed E-state index contributed by atoms with van der Waals surface area (Å²) < 4.78 is 5.36. The summed E-state index contributed by atoms with van der Waals surface area (Å²) in [5.41, 5.74) is 3.28. The Hall–Kier alpha value is -2.57. The highest BCUT2D eigenvalue weighted by Crippen LogP contribution is 2.28. The van der Waals surface area contributed by atoms with E-state index >= 15 is 0 Å². The molecule has 3 rings (SSSR count). The number of carboxylic acid groups (broad SMARTS) is 1. The summed E-state index contributed by atoms with van der Waals surface area (Å²) in [4.78, 5) is 23.3. The van der Waals surface area contributed by atoms with E-state index in [0.717, 1.165) is 31.5 Å². The van der Waals surface area contributed by atoms with Crippen molar-refractivity contribution in [2.75, 3.05) is 25.5 Å². The number of anilines is 1. The summed E-state index contributed by atoms with van der Waals surface area (Å²) in [5.74, 6) is 0.0251. The lowest BCUT2D eigenvalue weighted by Crippen LogP contribution is -2.26. The fourth-order valence-corrected chi connectivity index (χ4v) is 3.50. The molecule has 0 spiro atoms. The number of halogens is 1. The van der Waals surface area contributed by atoms with Crippen molar-refractivity contribution >= 4 is 30.0 Å². The zero-order valence-electron chi connectivity index (χ0n) is 16.4. The summed E-state index contributed by atoms with van der Waals surface area (Å²) >= 11 is 0. The van der Waals surface area contributed by atoms with Crippen molar-refractivity contribution in [2.45, 2.75) is 31.6 Å². The van der Waals surface area contributed by atoms with Gasteiger partial charge in [-0.2, -0.15) is 0 Å². The summed E-state index contributed by atoms with van der Waals surface area (Å²) in [7, 11) is 1.53. The molecule has 0 radical (unpaired) electrons. The molecule has 2 aromatic carbocycles. The van der Waals surface area contributed by atoms with Crippen LogP contribution in [0.1, 0.15) is 46.7 Å². The van der Waals surface area contributed by atoms with E-state index in [9.17, 15) is 9.59 Å². The predicted octanol–water partition coefficient (Wildman–Crippen LogP) is 3.85. The van der Waals surface area contributed by atoms with Crippen molar-refractivity contribution in [3.05, 3.63) is 59.2 Å². The summed E-state index contributed by atoms with van der Waals surface area (Å²) in [6, 6.07) is 13.1. The molecule has 2 aromatic rings. The highest BCUT2D eigenvalue weighted by molar-refractivity contribution is 6.05. The van der Waals surface area contributed by atoms with E-state index < -0.39 is 5.97 Å². The molecule has 0 atom stereocenters. The number of benzene rings is 2. The second-order valence-corrected chi connectivity index (χ2v) is 7.03. The summed E-state index contributed by atoms with van der Waals surface area (Å²) in [6.45, 7) is 2.07. The van der Waals surface area contributed by atoms with Gasteiger partial charge in [-0.05, 0) is 73.7 Å². The van der Waals surface area contributed by atoms with Crippen molar-refractivity contribution in [3.8, 4) is 5.75 Å². The number of rotatable bonds is 7. The van der Waals surface area contributed by atoms with Gasteiger partial charge >= 0.3 is 5.97 Å². The zero-order valence-corrected chi connectivity index (χ0v) is 17.3. The van der Waals surface area contributed by atoms with Crippen LogP contribution in [0.15, 0.2) is 42.5 Å². The molecule has 156 valence electrons. The lowest BCUT2D eigenvalue weighted by molar-refractivity contribution is -0.136. The van der Waals surface area contributed by atoms with Gasteiger partial charge in [0.15, 0.2) is 0 Å². The van der Waals surface area contributed by atoms with E-state index in [1.807, 2.05) is 24.3 Å². The molecule has 7 heteroatoms. The van der Waals surface area contributed by atoms with Crippen LogP contribution in [0.3, 0.4) is 0 Å². The van der Waals surface area contributed by atoms with Gasteiger partial charge in [-0.25, -0.2) is 0 Å². The fraction of sp³-hybridized carbons (Fsp3) is 0.364. The van der Waals surface area contributed by atoms with Crippen LogP contribution < -0.4 is 15.4 Å². The Bertz CT molecular complexity index is 833. The number of piperidine rings is 1. The Morgan fingerprint density at radius 2 is 1.83 bits per heavy atom. The van der Waals surface area contributed by atoms with E-state index in [1.54, 1.807) is 18.2 Å². The first-order valence-electron chi connectivity index (χ1n) is 9.57. The first-order valence-corrected chi connectivity index (χ1v) is 9.57. The van der Waals surface area contributed by atoms with Crippen molar-refractivity contribution in [2.24, 2.45) is 0 Å². The van der Waals surface area contributed by atoms with Gasteiger partial charge in [0.25, 0.3) is 5.91 Å². The van der Waals surface area contributed by atoms with E-state index in [1.165, 1.54) is 12.7 Å². The normalized spacial score (nSPS) is 14.0. The van der Waals surface area contributed by atoms with Crippen LogP contribution in [0.2, 0.25) is 0 Å². The molecule has 0 unspecified atom stereocenters. The van der Waals surface area contributed by atoms with E-state index in [4.69, 9.17) is 9.84 Å². The van der Waals surface area contributed by atoms with Gasteiger partial charge in [-0.1, -0.05) is 18.2 Å². The van der Waals surface area contributed by atoms with Gasteiger partial charge in [0.05, 0.1) is 12.8 Å². The maximum atomic E-state index is 12.6. The first kappa shape index (κ1) is 22.7. The van der Waals surface area contributed by atoms with Gasteiger partial charge < -0.3 is 20.5 Å². The monoisotopic (exact) mass is 418 g/mol. The number of aryl methyl sites for hydroxylation is 1. The first-order chi connectivity index (χ1) is 13.6. The molecule has 29 heavy (non-hydrogen) atoms. The maximum Gasteiger partial charge on any atom is 0.303 e. The van der Waals surface area contributed by atoms with E-state index in [2.05, 4.69) is 10.6 Å². The fourth-order valence-electron chi connectivity index (χ4n) is 3.50. The third-order valence-electron chi connectivity index (χ3n) is 5.13. The van der Waals surface area contributed by atoms with Crippen LogP contribution in [0.25, 0.3) is 0 Å². The van der Waals surface area contributed by atoms with Crippen LogP contribution in [-0.2, 0) is 11.2 Å². The zero-order chi connectivity index (χ0) is 19.9. The van der Waals surface area contributed by atoms with Crippen molar-refractivity contribution < 1.29 is 19.4 Å². The number of aliphatic carboxylic acids is 1. The molecule has 0 aliphatic carbocycles. The minimum absolute atomic E-state index is 0. The SMILES string of the molecule is COc1cc(CCC(=O)O)ccc1NC(=O)c1ccc(C2CCNCC2)cc1.Cl. The predicted molar refractivity (Wildman–Crippen MR) is 115 cm³/mol. The van der Waals surface area contributed by atoms with Crippen LogP contribution in [0.4, 0.5) is 5.69 Å². The number of nitrogens with one attached hydrogen (secondary N) is 2. The number of hydrogen-bond donors (Lipinski definition) is 3. The van der Waals surface area contributed by atoms with Gasteiger partial charge in [0.1, 0.15) is 5.75 Å². The largest absolute Gasteiger partial charge is 0.495 e. The van der Waals surface area contributed by atoms with Crippen LogP contribution in [0, 0.1) is 0 Å². The molecule has 1 aliphatic rings. The molecule has 1 fully saturated rings. The lowest BCUT2D eigenvalue weighted by atomic mass is 9.90. The smallest absolute Gasteiger partial charge is 0.303 e. The lowest BCUT2D eigenvalue weighted by Gasteiger charge is -2.23. The van der Waals surface area contributed by atoms with Crippen LogP contribution >= 0.6 is 12.4 Å². The minimum Gasteiger partial charge on any atom is -0.495 e. The van der Waals surface area contributed by atoms with E-state index in [-0.39, 0.29) is 24.7 Å². The average Bonchev–Trinajstić information content (AvgIpc) is 2.73. The quantitative estimate of drug-likeness (QED) is 0.635. The Kier molecular flexibility index (Phi) is 8.49. The van der Waals surface area contributed by atoms with Crippen molar-refractivity contribution in [1.82, 2.24) is 5.32 Å². The Morgan fingerprint density at radius 1 is 1.14 bits per heavy atom. The number of ether oxygens (including phenoxy) is 1. The number of methoxy groups -OCH3 is 1. The molecule has 1 aliphatic heterocycles.